The van der Waals surface area contributed by atoms with Crippen LogP contribution in [-0.4, -0.2) is 20.2 Å². The third-order valence-electron chi connectivity index (χ3n) is 4.10. The van der Waals surface area contributed by atoms with Gasteiger partial charge in [0.2, 0.25) is 0 Å². The van der Waals surface area contributed by atoms with Crippen molar-refractivity contribution in [3.8, 4) is 5.75 Å². The Labute approximate surface area is 98.0 Å². The van der Waals surface area contributed by atoms with Gasteiger partial charge in [0.05, 0.1) is 7.11 Å². The van der Waals surface area contributed by atoms with E-state index < -0.39 is 0 Å². The third-order valence-corrected chi connectivity index (χ3v) is 4.10. The molecule has 1 N–H and O–H groups in total. The predicted molar refractivity (Wildman–Crippen MR) is 66.9 cm³/mol. The number of nitrogens with one attached hydrogen (secondary N) is 1. The Morgan fingerprint density at radius 1 is 1.06 bits per heavy atom. The molecule has 0 radical (unpaired) electrons. The molecular formula is C14H21NO. The van der Waals surface area contributed by atoms with Crippen LogP contribution in [0.1, 0.15) is 25.3 Å². The van der Waals surface area contributed by atoms with Crippen molar-refractivity contribution in [2.45, 2.75) is 25.8 Å². The Morgan fingerprint density at radius 2 is 1.62 bits per heavy atom. The summed E-state index contributed by atoms with van der Waals surface area (Å²) < 4.78 is 5.18. The van der Waals surface area contributed by atoms with Crippen LogP contribution in [0.3, 0.4) is 0 Å². The van der Waals surface area contributed by atoms with Crippen LogP contribution < -0.4 is 10.1 Å². The van der Waals surface area contributed by atoms with Crippen molar-refractivity contribution in [2.24, 2.45) is 11.8 Å². The van der Waals surface area contributed by atoms with Crippen LogP contribution in [-0.2, 0) is 0 Å². The molecule has 0 aliphatic heterocycles. The van der Waals surface area contributed by atoms with Crippen LogP contribution in [0.5, 0.6) is 5.75 Å². The molecule has 88 valence electrons. The van der Waals surface area contributed by atoms with Gasteiger partial charge in [-0.1, -0.05) is 26.0 Å². The van der Waals surface area contributed by atoms with Gasteiger partial charge in [0.25, 0.3) is 0 Å². The van der Waals surface area contributed by atoms with Crippen LogP contribution >= 0.6 is 0 Å². The van der Waals surface area contributed by atoms with Gasteiger partial charge in [-0.2, -0.15) is 0 Å². The Balaban J connectivity index is 2.13. The smallest absolute Gasteiger partial charge is 0.118 e. The molecule has 2 nitrogen and oxygen atoms in total. The largest absolute Gasteiger partial charge is 0.497 e. The van der Waals surface area contributed by atoms with E-state index in [1.54, 1.807) is 7.11 Å². The average molecular weight is 219 g/mol. The second-order valence-electron chi connectivity index (χ2n) is 4.83. The van der Waals surface area contributed by atoms with E-state index in [1.165, 1.54) is 5.56 Å². The lowest BCUT2D eigenvalue weighted by Gasteiger charge is -2.49. The maximum absolute atomic E-state index is 5.18. The molecular weight excluding hydrogens is 198 g/mol. The molecule has 1 aliphatic rings. The number of benzene rings is 1. The zero-order chi connectivity index (χ0) is 11.7. The summed E-state index contributed by atoms with van der Waals surface area (Å²) in [6.45, 7) is 4.66. The maximum Gasteiger partial charge on any atom is 0.118 e. The van der Waals surface area contributed by atoms with Gasteiger partial charge < -0.3 is 10.1 Å². The molecule has 0 aromatic heterocycles. The van der Waals surface area contributed by atoms with Crippen LogP contribution in [0, 0.1) is 11.8 Å². The summed E-state index contributed by atoms with van der Waals surface area (Å²) in [6.07, 6.45) is 0. The number of ether oxygens (including phenoxy) is 1. The molecule has 0 heterocycles. The normalized spacial score (nSPS) is 33.2. The molecule has 1 aromatic rings. The van der Waals surface area contributed by atoms with Crippen LogP contribution in [0.25, 0.3) is 0 Å². The predicted octanol–water partition coefficient (Wildman–Crippen LogP) is 2.65. The van der Waals surface area contributed by atoms with Gasteiger partial charge >= 0.3 is 0 Å². The molecule has 1 aromatic carbocycles. The molecule has 1 saturated carbocycles. The number of hydrogen-bond acceptors (Lipinski definition) is 2. The Hall–Kier alpha value is -1.02. The highest BCUT2D eigenvalue weighted by molar-refractivity contribution is 5.32. The zero-order valence-electron chi connectivity index (χ0n) is 10.5. The van der Waals surface area contributed by atoms with E-state index in [1.807, 2.05) is 0 Å². The molecule has 1 aliphatic carbocycles. The van der Waals surface area contributed by atoms with Crippen LogP contribution in [0.15, 0.2) is 24.3 Å². The molecule has 0 bridgehead atoms. The van der Waals surface area contributed by atoms with Gasteiger partial charge in [-0.3, -0.25) is 0 Å². The van der Waals surface area contributed by atoms with Gasteiger partial charge in [-0.15, -0.1) is 0 Å². The standard InChI is InChI=1S/C14H21NO/c1-9-13(10(2)14(9)15-3)11-5-7-12(16-4)8-6-11/h5-10,13-15H,1-4H3. The number of methoxy groups -OCH3 is 1. The van der Waals surface area contributed by atoms with Crippen molar-refractivity contribution in [1.82, 2.24) is 5.32 Å². The minimum Gasteiger partial charge on any atom is -0.497 e. The van der Waals surface area contributed by atoms with Gasteiger partial charge in [0.1, 0.15) is 5.75 Å². The summed E-state index contributed by atoms with van der Waals surface area (Å²) >= 11 is 0. The van der Waals surface area contributed by atoms with E-state index in [9.17, 15) is 0 Å². The fourth-order valence-corrected chi connectivity index (χ4v) is 3.22. The number of rotatable bonds is 3. The number of hydrogen-bond donors (Lipinski definition) is 1. The average Bonchev–Trinajstić information content (AvgIpc) is 2.31. The van der Waals surface area contributed by atoms with Gasteiger partial charge in [-0.05, 0) is 42.5 Å². The Bertz CT molecular complexity index is 336. The van der Waals surface area contributed by atoms with Crippen molar-refractivity contribution in [3.63, 3.8) is 0 Å². The lowest BCUT2D eigenvalue weighted by Crippen LogP contribution is -2.53. The highest BCUT2D eigenvalue weighted by atomic mass is 16.5. The summed E-state index contributed by atoms with van der Waals surface area (Å²) in [5.74, 6) is 3.05. The molecule has 2 unspecified atom stereocenters. The Morgan fingerprint density at radius 3 is 2.06 bits per heavy atom. The Kier molecular flexibility index (Phi) is 3.20. The molecule has 0 saturated heterocycles. The zero-order valence-corrected chi connectivity index (χ0v) is 10.5. The minimum atomic E-state index is 0.659. The second-order valence-corrected chi connectivity index (χ2v) is 4.83. The molecule has 0 amide bonds. The monoisotopic (exact) mass is 219 g/mol. The maximum atomic E-state index is 5.18. The van der Waals surface area contributed by atoms with E-state index >= 15 is 0 Å². The van der Waals surface area contributed by atoms with Crippen molar-refractivity contribution < 1.29 is 4.74 Å². The quantitative estimate of drug-likeness (QED) is 0.844. The summed E-state index contributed by atoms with van der Waals surface area (Å²) in [6, 6.07) is 9.17. The van der Waals surface area contributed by atoms with Crippen molar-refractivity contribution in [3.05, 3.63) is 29.8 Å². The molecule has 2 rings (SSSR count). The summed E-state index contributed by atoms with van der Waals surface area (Å²) in [5.41, 5.74) is 1.44. The fraction of sp³-hybridized carbons (Fsp3) is 0.571. The first-order chi connectivity index (χ1) is 7.69. The molecule has 2 heteroatoms. The lowest BCUT2D eigenvalue weighted by molar-refractivity contribution is 0.103. The van der Waals surface area contributed by atoms with Crippen molar-refractivity contribution in [2.75, 3.05) is 14.2 Å². The van der Waals surface area contributed by atoms with Crippen LogP contribution in [0.2, 0.25) is 0 Å². The first kappa shape index (κ1) is 11.5. The topological polar surface area (TPSA) is 21.3 Å². The highest BCUT2D eigenvalue weighted by Crippen LogP contribution is 2.47. The molecule has 0 spiro atoms. The summed E-state index contributed by atoms with van der Waals surface area (Å²) in [5, 5.41) is 3.40. The SMILES string of the molecule is CNC1C(C)C(c2ccc(OC)cc2)C1C. The second kappa shape index (κ2) is 4.46. The van der Waals surface area contributed by atoms with E-state index in [0.717, 1.165) is 5.75 Å². The van der Waals surface area contributed by atoms with Gasteiger partial charge in [-0.25, -0.2) is 0 Å². The van der Waals surface area contributed by atoms with Gasteiger partial charge in [0.15, 0.2) is 0 Å². The van der Waals surface area contributed by atoms with Crippen molar-refractivity contribution in [1.29, 1.82) is 0 Å². The fourth-order valence-electron chi connectivity index (χ4n) is 3.22. The van der Waals surface area contributed by atoms with E-state index in [4.69, 9.17) is 4.74 Å². The summed E-state index contributed by atoms with van der Waals surface area (Å²) in [7, 11) is 3.77. The first-order valence-corrected chi connectivity index (χ1v) is 6.00. The van der Waals surface area contributed by atoms with E-state index in [-0.39, 0.29) is 0 Å². The van der Waals surface area contributed by atoms with Crippen LogP contribution in [0.4, 0.5) is 0 Å². The molecule has 1 fully saturated rings. The summed E-state index contributed by atoms with van der Waals surface area (Å²) in [4.78, 5) is 0. The van der Waals surface area contributed by atoms with E-state index in [0.29, 0.717) is 23.8 Å². The lowest BCUT2D eigenvalue weighted by atomic mass is 9.60. The molecule has 2 atom stereocenters. The van der Waals surface area contributed by atoms with Gasteiger partial charge in [0, 0.05) is 6.04 Å². The highest BCUT2D eigenvalue weighted by Gasteiger charge is 2.44. The minimum absolute atomic E-state index is 0.659. The molecule has 16 heavy (non-hydrogen) atoms. The van der Waals surface area contributed by atoms with Crippen molar-refractivity contribution >= 4 is 0 Å². The first-order valence-electron chi connectivity index (χ1n) is 6.00. The third kappa shape index (κ3) is 1.71. The van der Waals surface area contributed by atoms with E-state index in [2.05, 4.69) is 50.5 Å².